The largest absolute Gasteiger partial charge is 0.368 e. The van der Waals surface area contributed by atoms with Gasteiger partial charge in [0, 0.05) is 19.0 Å². The third kappa shape index (κ3) is 4.76. The van der Waals surface area contributed by atoms with Crippen molar-refractivity contribution in [1.82, 2.24) is 4.98 Å². The number of halogens is 2. The van der Waals surface area contributed by atoms with E-state index in [9.17, 15) is 12.8 Å². The maximum atomic E-state index is 13.2. The SMILES string of the molecule is CS(=O)(=O)CCCNc1ncc(Cl)cc1F. The third-order valence-electron chi connectivity index (χ3n) is 1.79. The van der Waals surface area contributed by atoms with Crippen LogP contribution in [0.25, 0.3) is 0 Å². The van der Waals surface area contributed by atoms with E-state index in [1.807, 2.05) is 0 Å². The smallest absolute Gasteiger partial charge is 0.166 e. The molecule has 0 aliphatic carbocycles. The lowest BCUT2D eigenvalue weighted by molar-refractivity contribution is 0.599. The van der Waals surface area contributed by atoms with Crippen LogP contribution in [0.15, 0.2) is 12.3 Å². The van der Waals surface area contributed by atoms with Crippen LogP contribution in [0.4, 0.5) is 10.2 Å². The van der Waals surface area contributed by atoms with Gasteiger partial charge in [-0.3, -0.25) is 0 Å². The minimum atomic E-state index is -2.97. The molecule has 0 spiro atoms. The molecule has 1 N–H and O–H groups in total. The Hall–Kier alpha value is -0.880. The lowest BCUT2D eigenvalue weighted by Crippen LogP contribution is -2.11. The van der Waals surface area contributed by atoms with Gasteiger partial charge in [0.1, 0.15) is 9.84 Å². The predicted molar refractivity (Wildman–Crippen MR) is 62.0 cm³/mol. The molecule has 0 amide bonds. The zero-order valence-corrected chi connectivity index (χ0v) is 10.3. The maximum absolute atomic E-state index is 13.2. The second kappa shape index (κ2) is 5.45. The van der Waals surface area contributed by atoms with Gasteiger partial charge in [0.05, 0.1) is 10.8 Å². The second-order valence-corrected chi connectivity index (χ2v) is 6.09. The van der Waals surface area contributed by atoms with E-state index in [1.54, 1.807) is 0 Å². The van der Waals surface area contributed by atoms with Gasteiger partial charge in [-0.2, -0.15) is 0 Å². The first-order valence-electron chi connectivity index (χ1n) is 4.61. The van der Waals surface area contributed by atoms with E-state index < -0.39 is 15.7 Å². The topological polar surface area (TPSA) is 59.1 Å². The molecule has 0 aliphatic heterocycles. The van der Waals surface area contributed by atoms with Gasteiger partial charge < -0.3 is 5.32 Å². The fourth-order valence-corrected chi connectivity index (χ4v) is 1.90. The Morgan fingerprint density at radius 1 is 1.56 bits per heavy atom. The van der Waals surface area contributed by atoms with Crippen LogP contribution in [-0.4, -0.2) is 32.0 Å². The summed E-state index contributed by atoms with van der Waals surface area (Å²) in [7, 11) is -2.97. The number of rotatable bonds is 5. The molecule has 16 heavy (non-hydrogen) atoms. The molecule has 0 atom stereocenters. The molecule has 1 heterocycles. The Morgan fingerprint density at radius 2 is 2.25 bits per heavy atom. The summed E-state index contributed by atoms with van der Waals surface area (Å²) in [6.07, 6.45) is 2.89. The first kappa shape index (κ1) is 13.2. The molecule has 0 aromatic carbocycles. The van der Waals surface area contributed by atoms with Crippen molar-refractivity contribution in [2.75, 3.05) is 23.9 Å². The van der Waals surface area contributed by atoms with E-state index in [0.29, 0.717) is 13.0 Å². The van der Waals surface area contributed by atoms with Crippen LogP contribution in [0.3, 0.4) is 0 Å². The number of nitrogens with zero attached hydrogens (tertiary/aromatic N) is 1. The van der Waals surface area contributed by atoms with Gasteiger partial charge in [0.25, 0.3) is 0 Å². The first-order valence-corrected chi connectivity index (χ1v) is 7.05. The average Bonchev–Trinajstić information content (AvgIpc) is 2.13. The van der Waals surface area contributed by atoms with Crippen molar-refractivity contribution in [3.8, 4) is 0 Å². The van der Waals surface area contributed by atoms with Crippen LogP contribution in [0, 0.1) is 5.82 Å². The van der Waals surface area contributed by atoms with Gasteiger partial charge in [-0.25, -0.2) is 17.8 Å². The normalized spacial score (nSPS) is 11.4. The van der Waals surface area contributed by atoms with Crippen LogP contribution in [-0.2, 0) is 9.84 Å². The molecular weight excluding hydrogens is 255 g/mol. The third-order valence-corrected chi connectivity index (χ3v) is 3.03. The molecule has 1 rings (SSSR count). The Bertz CT molecular complexity index is 465. The number of anilines is 1. The Balaban J connectivity index is 2.43. The fraction of sp³-hybridized carbons (Fsp3) is 0.444. The fourth-order valence-electron chi connectivity index (χ4n) is 1.09. The van der Waals surface area contributed by atoms with E-state index >= 15 is 0 Å². The van der Waals surface area contributed by atoms with Crippen LogP contribution in [0.5, 0.6) is 0 Å². The predicted octanol–water partition coefficient (Wildman–Crippen LogP) is 1.72. The van der Waals surface area contributed by atoms with Crippen LogP contribution in [0.2, 0.25) is 5.02 Å². The minimum Gasteiger partial charge on any atom is -0.368 e. The standard InChI is InChI=1S/C9H12ClFN2O2S/c1-16(14,15)4-2-3-12-9-8(11)5-7(10)6-13-9/h5-6H,2-4H2,1H3,(H,12,13). The average molecular weight is 267 g/mol. The second-order valence-electron chi connectivity index (χ2n) is 3.39. The quantitative estimate of drug-likeness (QED) is 0.825. The van der Waals surface area contributed by atoms with Crippen molar-refractivity contribution in [2.24, 2.45) is 0 Å². The van der Waals surface area contributed by atoms with Crippen molar-refractivity contribution in [3.05, 3.63) is 23.1 Å². The molecule has 90 valence electrons. The summed E-state index contributed by atoms with van der Waals surface area (Å²) in [5, 5.41) is 2.93. The summed E-state index contributed by atoms with van der Waals surface area (Å²) in [5.41, 5.74) is 0. The summed E-state index contributed by atoms with van der Waals surface area (Å²) in [5.74, 6) is -0.403. The molecule has 4 nitrogen and oxygen atoms in total. The minimum absolute atomic E-state index is 0.0647. The summed E-state index contributed by atoms with van der Waals surface area (Å²) in [6.45, 7) is 0.346. The molecule has 1 aromatic rings. The highest BCUT2D eigenvalue weighted by atomic mass is 35.5. The number of aromatic nitrogens is 1. The number of sulfone groups is 1. The molecule has 0 saturated heterocycles. The van der Waals surface area contributed by atoms with Crippen LogP contribution >= 0.6 is 11.6 Å². The van der Waals surface area contributed by atoms with Crippen molar-refractivity contribution in [1.29, 1.82) is 0 Å². The van der Waals surface area contributed by atoms with E-state index in [0.717, 1.165) is 12.3 Å². The highest BCUT2D eigenvalue weighted by molar-refractivity contribution is 7.90. The van der Waals surface area contributed by atoms with Crippen molar-refractivity contribution in [2.45, 2.75) is 6.42 Å². The molecular formula is C9H12ClFN2O2S. The van der Waals surface area contributed by atoms with Gasteiger partial charge in [-0.1, -0.05) is 11.6 Å². The molecule has 0 radical (unpaired) electrons. The van der Waals surface area contributed by atoms with Crippen LogP contribution < -0.4 is 5.32 Å². The number of nitrogens with one attached hydrogen (secondary N) is 1. The lowest BCUT2D eigenvalue weighted by atomic mass is 10.4. The van der Waals surface area contributed by atoms with E-state index in [2.05, 4.69) is 10.3 Å². The van der Waals surface area contributed by atoms with Gasteiger partial charge in [0.2, 0.25) is 0 Å². The van der Waals surface area contributed by atoms with Crippen molar-refractivity contribution in [3.63, 3.8) is 0 Å². The highest BCUT2D eigenvalue weighted by Crippen LogP contribution is 2.15. The highest BCUT2D eigenvalue weighted by Gasteiger charge is 2.05. The van der Waals surface area contributed by atoms with Gasteiger partial charge in [0.15, 0.2) is 11.6 Å². The van der Waals surface area contributed by atoms with Gasteiger partial charge >= 0.3 is 0 Å². The van der Waals surface area contributed by atoms with Crippen molar-refractivity contribution >= 4 is 27.3 Å². The first-order chi connectivity index (χ1) is 7.38. The zero-order valence-electron chi connectivity index (χ0n) is 8.70. The zero-order chi connectivity index (χ0) is 12.2. The molecule has 0 saturated carbocycles. The van der Waals surface area contributed by atoms with Crippen LogP contribution in [0.1, 0.15) is 6.42 Å². The van der Waals surface area contributed by atoms with E-state index in [4.69, 9.17) is 11.6 Å². The number of pyridine rings is 1. The molecule has 0 aliphatic rings. The monoisotopic (exact) mass is 266 g/mol. The number of hydrogen-bond acceptors (Lipinski definition) is 4. The summed E-state index contributed by atoms with van der Waals surface area (Å²) in [6, 6.07) is 1.15. The Morgan fingerprint density at radius 3 is 2.81 bits per heavy atom. The van der Waals surface area contributed by atoms with E-state index in [1.165, 1.54) is 6.20 Å². The summed E-state index contributed by atoms with van der Waals surface area (Å²) < 4.78 is 34.8. The number of hydrogen-bond donors (Lipinski definition) is 1. The van der Waals surface area contributed by atoms with Crippen molar-refractivity contribution < 1.29 is 12.8 Å². The molecule has 0 fully saturated rings. The van der Waals surface area contributed by atoms with E-state index in [-0.39, 0.29) is 16.6 Å². The molecule has 0 bridgehead atoms. The summed E-state index contributed by atoms with van der Waals surface area (Å²) in [4.78, 5) is 3.74. The molecule has 0 unspecified atom stereocenters. The maximum Gasteiger partial charge on any atom is 0.166 e. The Kier molecular flexibility index (Phi) is 4.49. The molecule has 7 heteroatoms. The van der Waals surface area contributed by atoms with Gasteiger partial charge in [-0.05, 0) is 12.5 Å². The lowest BCUT2D eigenvalue weighted by Gasteiger charge is -2.05. The van der Waals surface area contributed by atoms with Gasteiger partial charge in [-0.15, -0.1) is 0 Å². The Labute approximate surface area is 98.8 Å². The molecule has 1 aromatic heterocycles. The summed E-state index contributed by atoms with van der Waals surface area (Å²) >= 11 is 5.53.